The van der Waals surface area contributed by atoms with Crippen molar-refractivity contribution < 1.29 is 0 Å². The van der Waals surface area contributed by atoms with Crippen molar-refractivity contribution in [3.63, 3.8) is 0 Å². The highest BCUT2D eigenvalue weighted by molar-refractivity contribution is 6.33. The van der Waals surface area contributed by atoms with E-state index in [-0.39, 0.29) is 6.04 Å². The molecule has 1 aliphatic heterocycles. The van der Waals surface area contributed by atoms with E-state index in [0.29, 0.717) is 6.04 Å². The smallest absolute Gasteiger partial charge is 0.0642 e. The quantitative estimate of drug-likeness (QED) is 0.876. The van der Waals surface area contributed by atoms with Crippen molar-refractivity contribution in [3.8, 4) is 0 Å². The largest absolute Gasteiger partial charge is 0.372 e. The van der Waals surface area contributed by atoms with E-state index in [0.717, 1.165) is 30.1 Å². The molecule has 0 saturated carbocycles. The fourth-order valence-electron chi connectivity index (χ4n) is 3.06. The van der Waals surface area contributed by atoms with Gasteiger partial charge in [-0.15, -0.1) is 0 Å². The maximum absolute atomic E-state index is 6.48. The third kappa shape index (κ3) is 4.35. The number of halogens is 1. The molecule has 1 fully saturated rings. The van der Waals surface area contributed by atoms with Crippen LogP contribution in [0.5, 0.6) is 0 Å². The van der Waals surface area contributed by atoms with Gasteiger partial charge in [0.25, 0.3) is 0 Å². The van der Waals surface area contributed by atoms with Gasteiger partial charge in [0.15, 0.2) is 0 Å². The van der Waals surface area contributed by atoms with E-state index in [1.54, 1.807) is 0 Å². The predicted molar refractivity (Wildman–Crippen MR) is 92.3 cm³/mol. The number of anilines is 1. The van der Waals surface area contributed by atoms with Crippen LogP contribution in [-0.2, 0) is 6.42 Å². The van der Waals surface area contributed by atoms with Crippen LogP contribution in [0.25, 0.3) is 0 Å². The van der Waals surface area contributed by atoms with Crippen LogP contribution in [0.15, 0.2) is 18.2 Å². The molecule has 4 heteroatoms. The molecular formula is C17H28ClN3. The van der Waals surface area contributed by atoms with Crippen molar-refractivity contribution in [1.29, 1.82) is 0 Å². The second kappa shape index (κ2) is 7.48. The van der Waals surface area contributed by atoms with Gasteiger partial charge >= 0.3 is 0 Å². The molecule has 118 valence electrons. The van der Waals surface area contributed by atoms with Gasteiger partial charge in [0, 0.05) is 25.7 Å². The van der Waals surface area contributed by atoms with Crippen molar-refractivity contribution in [2.45, 2.75) is 44.7 Å². The zero-order chi connectivity index (χ0) is 15.4. The average Bonchev–Trinajstić information content (AvgIpc) is 2.84. The standard InChI is InChI=1S/C17H28ClN3/c1-4-14(19)10-13-7-8-17(16(18)11-13)21(3)12-15-6-5-9-20(15)2/h7-8,11,14-15H,4-6,9-10,12,19H2,1-3H3. The summed E-state index contributed by atoms with van der Waals surface area (Å²) in [6, 6.07) is 7.22. The van der Waals surface area contributed by atoms with E-state index in [1.807, 2.05) is 0 Å². The lowest BCUT2D eigenvalue weighted by molar-refractivity contribution is 0.314. The zero-order valence-electron chi connectivity index (χ0n) is 13.5. The minimum Gasteiger partial charge on any atom is -0.372 e. The highest BCUT2D eigenvalue weighted by Crippen LogP contribution is 2.28. The van der Waals surface area contributed by atoms with E-state index in [9.17, 15) is 0 Å². The Morgan fingerprint density at radius 3 is 2.81 bits per heavy atom. The summed E-state index contributed by atoms with van der Waals surface area (Å²) in [5, 5.41) is 0.832. The summed E-state index contributed by atoms with van der Waals surface area (Å²) in [6.45, 7) is 4.36. The summed E-state index contributed by atoms with van der Waals surface area (Å²) in [6.07, 6.45) is 4.47. The molecule has 1 aromatic carbocycles. The number of hydrogen-bond acceptors (Lipinski definition) is 3. The lowest BCUT2D eigenvalue weighted by Gasteiger charge is -2.28. The molecule has 0 aliphatic carbocycles. The van der Waals surface area contributed by atoms with Gasteiger partial charge in [-0.1, -0.05) is 24.6 Å². The lowest BCUT2D eigenvalue weighted by atomic mass is 10.0. The Balaban J connectivity index is 2.02. The van der Waals surface area contributed by atoms with E-state index < -0.39 is 0 Å². The highest BCUT2D eigenvalue weighted by Gasteiger charge is 2.22. The molecule has 1 saturated heterocycles. The van der Waals surface area contributed by atoms with E-state index in [2.05, 4.69) is 49.0 Å². The first-order valence-corrected chi connectivity index (χ1v) is 8.34. The minimum absolute atomic E-state index is 0.219. The average molecular weight is 310 g/mol. The summed E-state index contributed by atoms with van der Waals surface area (Å²) >= 11 is 6.48. The summed E-state index contributed by atoms with van der Waals surface area (Å²) in [4.78, 5) is 4.72. The molecule has 2 unspecified atom stereocenters. The second-order valence-electron chi connectivity index (χ2n) is 6.32. The van der Waals surface area contributed by atoms with Crippen LogP contribution >= 0.6 is 11.6 Å². The number of likely N-dealkylation sites (N-methyl/N-ethyl adjacent to an activating group) is 2. The molecule has 1 aliphatic rings. The molecular weight excluding hydrogens is 282 g/mol. The SMILES string of the molecule is CCC(N)Cc1ccc(N(C)CC2CCCN2C)c(Cl)c1. The summed E-state index contributed by atoms with van der Waals surface area (Å²) < 4.78 is 0. The van der Waals surface area contributed by atoms with Crippen molar-refractivity contribution in [2.24, 2.45) is 5.73 Å². The molecule has 0 amide bonds. The maximum Gasteiger partial charge on any atom is 0.0642 e. The molecule has 0 radical (unpaired) electrons. The van der Waals surface area contributed by atoms with Gasteiger partial charge in [-0.25, -0.2) is 0 Å². The molecule has 21 heavy (non-hydrogen) atoms. The normalized spacial score (nSPS) is 20.7. The first kappa shape index (κ1) is 16.6. The first-order chi connectivity index (χ1) is 10.0. The van der Waals surface area contributed by atoms with Crippen molar-refractivity contribution >= 4 is 17.3 Å². The van der Waals surface area contributed by atoms with Crippen molar-refractivity contribution in [2.75, 3.05) is 32.1 Å². The molecule has 2 rings (SSSR count). The molecule has 0 aromatic heterocycles. The predicted octanol–water partition coefficient (Wildman–Crippen LogP) is 3.15. The number of nitrogens with zero attached hydrogens (tertiary/aromatic N) is 2. The molecule has 2 atom stereocenters. The van der Waals surface area contributed by atoms with Crippen LogP contribution in [0.2, 0.25) is 5.02 Å². The minimum atomic E-state index is 0.219. The van der Waals surface area contributed by atoms with Crippen molar-refractivity contribution in [1.82, 2.24) is 4.90 Å². The van der Waals surface area contributed by atoms with Gasteiger partial charge in [-0.05, 0) is 57.0 Å². The topological polar surface area (TPSA) is 32.5 Å². The molecule has 3 nitrogen and oxygen atoms in total. The Hall–Kier alpha value is -0.770. The van der Waals surface area contributed by atoms with E-state index >= 15 is 0 Å². The van der Waals surface area contributed by atoms with Crippen LogP contribution in [0.3, 0.4) is 0 Å². The number of rotatable bonds is 6. The first-order valence-electron chi connectivity index (χ1n) is 7.96. The maximum atomic E-state index is 6.48. The van der Waals surface area contributed by atoms with Gasteiger partial charge in [0.1, 0.15) is 0 Å². The van der Waals surface area contributed by atoms with Gasteiger partial charge in [0.2, 0.25) is 0 Å². The zero-order valence-corrected chi connectivity index (χ0v) is 14.2. The van der Waals surface area contributed by atoms with Gasteiger partial charge in [-0.2, -0.15) is 0 Å². The lowest BCUT2D eigenvalue weighted by Crippen LogP contribution is -2.36. The van der Waals surface area contributed by atoms with Crippen LogP contribution in [-0.4, -0.2) is 44.2 Å². The molecule has 1 heterocycles. The third-order valence-corrected chi connectivity index (χ3v) is 4.90. The number of likely N-dealkylation sites (tertiary alicyclic amines) is 1. The molecule has 0 bridgehead atoms. The molecule has 2 N–H and O–H groups in total. The summed E-state index contributed by atoms with van der Waals surface area (Å²) in [5.74, 6) is 0. The van der Waals surface area contributed by atoms with Gasteiger partial charge in [0.05, 0.1) is 10.7 Å². The number of hydrogen-bond donors (Lipinski definition) is 1. The fraction of sp³-hybridized carbons (Fsp3) is 0.647. The summed E-state index contributed by atoms with van der Waals surface area (Å²) in [7, 11) is 4.34. The third-order valence-electron chi connectivity index (χ3n) is 4.60. The Kier molecular flexibility index (Phi) is 5.91. The van der Waals surface area contributed by atoms with Crippen LogP contribution in [0.1, 0.15) is 31.7 Å². The van der Waals surface area contributed by atoms with E-state index in [1.165, 1.54) is 24.9 Å². The second-order valence-corrected chi connectivity index (χ2v) is 6.72. The van der Waals surface area contributed by atoms with Gasteiger partial charge < -0.3 is 15.5 Å². The highest BCUT2D eigenvalue weighted by atomic mass is 35.5. The molecule has 0 spiro atoms. The Bertz CT molecular complexity index is 463. The van der Waals surface area contributed by atoms with Gasteiger partial charge in [-0.3, -0.25) is 0 Å². The van der Waals surface area contributed by atoms with Crippen LogP contribution in [0, 0.1) is 0 Å². The van der Waals surface area contributed by atoms with E-state index in [4.69, 9.17) is 17.3 Å². The fourth-order valence-corrected chi connectivity index (χ4v) is 3.41. The van der Waals surface area contributed by atoms with Crippen molar-refractivity contribution in [3.05, 3.63) is 28.8 Å². The summed E-state index contributed by atoms with van der Waals surface area (Å²) in [5.41, 5.74) is 8.36. The Morgan fingerprint density at radius 2 is 2.24 bits per heavy atom. The molecule has 1 aromatic rings. The monoisotopic (exact) mass is 309 g/mol. The Labute approximate surface area is 134 Å². The van der Waals surface area contributed by atoms with Crippen LogP contribution in [0.4, 0.5) is 5.69 Å². The Morgan fingerprint density at radius 1 is 1.48 bits per heavy atom. The number of benzene rings is 1. The number of nitrogens with two attached hydrogens (primary N) is 1. The van der Waals surface area contributed by atoms with Crippen LogP contribution < -0.4 is 10.6 Å².